The Bertz CT molecular complexity index is 467. The van der Waals surface area contributed by atoms with Crippen molar-refractivity contribution in [3.63, 3.8) is 0 Å². The molecule has 86 valence electrons. The van der Waals surface area contributed by atoms with Gasteiger partial charge in [0.05, 0.1) is 18.4 Å². The first-order chi connectivity index (χ1) is 7.77. The van der Waals surface area contributed by atoms with Crippen LogP contribution >= 0.6 is 0 Å². The summed E-state index contributed by atoms with van der Waals surface area (Å²) in [5.41, 5.74) is 7.24. The van der Waals surface area contributed by atoms with Gasteiger partial charge >= 0.3 is 0 Å². The van der Waals surface area contributed by atoms with E-state index < -0.39 is 6.10 Å². The third kappa shape index (κ3) is 1.82. The number of para-hydroxylation sites is 1. The smallest absolute Gasteiger partial charge is 0.134 e. The van der Waals surface area contributed by atoms with Gasteiger partial charge in [-0.3, -0.25) is 0 Å². The maximum absolute atomic E-state index is 9.82. The molecule has 16 heavy (non-hydrogen) atoms. The van der Waals surface area contributed by atoms with Gasteiger partial charge in [-0.1, -0.05) is 18.2 Å². The van der Waals surface area contributed by atoms with Gasteiger partial charge < -0.3 is 20.6 Å². The van der Waals surface area contributed by atoms with Gasteiger partial charge in [0.2, 0.25) is 0 Å². The molecule has 0 amide bonds. The fourth-order valence-corrected chi connectivity index (χ4v) is 1.93. The highest BCUT2D eigenvalue weighted by atomic mass is 16.3. The average Bonchev–Trinajstić information content (AvgIpc) is 2.74. The molecule has 4 nitrogen and oxygen atoms in total. The predicted molar refractivity (Wildman–Crippen MR) is 63.1 cm³/mol. The van der Waals surface area contributed by atoms with Gasteiger partial charge in [0, 0.05) is 17.5 Å². The van der Waals surface area contributed by atoms with E-state index in [1.807, 2.05) is 24.3 Å². The summed E-state index contributed by atoms with van der Waals surface area (Å²) in [6.07, 6.45) is 1.05. The monoisotopic (exact) mass is 220 g/mol. The van der Waals surface area contributed by atoms with Gasteiger partial charge in [-0.2, -0.15) is 0 Å². The van der Waals surface area contributed by atoms with E-state index in [2.05, 4.69) is 5.32 Å². The molecule has 0 aliphatic rings. The summed E-state index contributed by atoms with van der Waals surface area (Å²) < 4.78 is 5.43. The van der Waals surface area contributed by atoms with Gasteiger partial charge in [0.25, 0.3) is 0 Å². The first kappa shape index (κ1) is 11.1. The van der Waals surface area contributed by atoms with E-state index in [4.69, 9.17) is 10.2 Å². The molecule has 0 radical (unpaired) electrons. The Hall–Kier alpha value is -1.36. The number of hydrogen-bond acceptors (Lipinski definition) is 4. The van der Waals surface area contributed by atoms with Crippen molar-refractivity contribution >= 4 is 11.0 Å². The van der Waals surface area contributed by atoms with Gasteiger partial charge in [0.1, 0.15) is 5.58 Å². The van der Waals surface area contributed by atoms with E-state index in [1.54, 1.807) is 13.3 Å². The minimum Gasteiger partial charge on any atom is -0.464 e. The Kier molecular flexibility index (Phi) is 3.24. The normalized spacial score (nSPS) is 15.2. The van der Waals surface area contributed by atoms with Crippen LogP contribution in [0.5, 0.6) is 0 Å². The van der Waals surface area contributed by atoms with E-state index in [0.29, 0.717) is 0 Å². The van der Waals surface area contributed by atoms with Crippen molar-refractivity contribution in [2.75, 3.05) is 13.6 Å². The first-order valence-corrected chi connectivity index (χ1v) is 5.29. The Balaban J connectivity index is 2.45. The second kappa shape index (κ2) is 4.65. The minimum absolute atomic E-state index is 0.200. The van der Waals surface area contributed by atoms with Crippen LogP contribution in [0.4, 0.5) is 0 Å². The lowest BCUT2D eigenvalue weighted by atomic mass is 10.0. The number of furan rings is 1. The molecule has 2 unspecified atom stereocenters. The predicted octanol–water partition coefficient (Wildman–Crippen LogP) is 1.01. The fourth-order valence-electron chi connectivity index (χ4n) is 1.93. The van der Waals surface area contributed by atoms with Gasteiger partial charge in [-0.25, -0.2) is 0 Å². The van der Waals surface area contributed by atoms with Crippen molar-refractivity contribution in [1.82, 2.24) is 5.32 Å². The number of aliphatic hydroxyl groups is 1. The molecular weight excluding hydrogens is 204 g/mol. The van der Waals surface area contributed by atoms with E-state index in [0.717, 1.165) is 16.5 Å². The largest absolute Gasteiger partial charge is 0.464 e. The van der Waals surface area contributed by atoms with E-state index in [9.17, 15) is 5.11 Å². The summed E-state index contributed by atoms with van der Waals surface area (Å²) >= 11 is 0. The summed E-state index contributed by atoms with van der Waals surface area (Å²) in [5, 5.41) is 13.9. The molecule has 0 aliphatic carbocycles. The molecule has 4 heteroatoms. The molecule has 0 saturated heterocycles. The Morgan fingerprint density at radius 2 is 2.19 bits per heavy atom. The zero-order chi connectivity index (χ0) is 11.5. The van der Waals surface area contributed by atoms with Crippen molar-refractivity contribution in [2.24, 2.45) is 5.73 Å². The van der Waals surface area contributed by atoms with Crippen LogP contribution in [0.25, 0.3) is 11.0 Å². The Morgan fingerprint density at radius 3 is 2.88 bits per heavy atom. The summed E-state index contributed by atoms with van der Waals surface area (Å²) in [7, 11) is 1.80. The second-order valence-corrected chi connectivity index (χ2v) is 3.76. The summed E-state index contributed by atoms with van der Waals surface area (Å²) in [5.74, 6) is 0. The SMILES string of the molecule is CNC(c1coc2ccccc12)C(O)CN. The lowest BCUT2D eigenvalue weighted by molar-refractivity contribution is 0.139. The van der Waals surface area contributed by atoms with Crippen molar-refractivity contribution in [3.05, 3.63) is 36.1 Å². The zero-order valence-corrected chi connectivity index (χ0v) is 9.18. The number of rotatable bonds is 4. The van der Waals surface area contributed by atoms with E-state index in [1.165, 1.54) is 0 Å². The molecule has 0 aliphatic heterocycles. The zero-order valence-electron chi connectivity index (χ0n) is 9.18. The molecular formula is C12H16N2O2. The van der Waals surface area contributed by atoms with Crippen LogP contribution in [-0.4, -0.2) is 24.8 Å². The Morgan fingerprint density at radius 1 is 1.44 bits per heavy atom. The molecule has 0 fully saturated rings. The summed E-state index contributed by atoms with van der Waals surface area (Å²) in [4.78, 5) is 0. The summed E-state index contributed by atoms with van der Waals surface area (Å²) in [6, 6.07) is 7.54. The number of benzene rings is 1. The molecule has 1 heterocycles. The molecule has 0 spiro atoms. The molecule has 1 aromatic carbocycles. The molecule has 2 atom stereocenters. The third-order valence-electron chi connectivity index (χ3n) is 2.78. The highest BCUT2D eigenvalue weighted by Gasteiger charge is 2.21. The maximum atomic E-state index is 9.82. The standard InChI is InChI=1S/C12H16N2O2/c1-14-12(10(15)6-13)9-7-16-11-5-3-2-4-8(9)11/h2-5,7,10,12,14-15H,6,13H2,1H3. The lowest BCUT2D eigenvalue weighted by Crippen LogP contribution is -2.34. The quantitative estimate of drug-likeness (QED) is 0.719. The number of hydrogen-bond donors (Lipinski definition) is 3. The number of aliphatic hydroxyl groups excluding tert-OH is 1. The highest BCUT2D eigenvalue weighted by Crippen LogP contribution is 2.27. The lowest BCUT2D eigenvalue weighted by Gasteiger charge is -2.20. The maximum Gasteiger partial charge on any atom is 0.134 e. The molecule has 1 aromatic heterocycles. The van der Waals surface area contributed by atoms with Crippen LogP contribution in [0.2, 0.25) is 0 Å². The molecule has 2 rings (SSSR count). The highest BCUT2D eigenvalue weighted by molar-refractivity contribution is 5.81. The molecule has 0 saturated carbocycles. The van der Waals surface area contributed by atoms with Crippen molar-refractivity contribution < 1.29 is 9.52 Å². The van der Waals surface area contributed by atoms with Crippen molar-refractivity contribution in [3.8, 4) is 0 Å². The number of nitrogens with two attached hydrogens (primary N) is 1. The van der Waals surface area contributed by atoms with Crippen LogP contribution in [0.15, 0.2) is 34.9 Å². The number of fused-ring (bicyclic) bond motifs is 1. The van der Waals surface area contributed by atoms with Crippen molar-refractivity contribution in [2.45, 2.75) is 12.1 Å². The number of nitrogens with one attached hydrogen (secondary N) is 1. The van der Waals surface area contributed by atoms with Crippen LogP contribution < -0.4 is 11.1 Å². The minimum atomic E-state index is -0.619. The average molecular weight is 220 g/mol. The molecule has 0 bridgehead atoms. The molecule has 2 aromatic rings. The van der Waals surface area contributed by atoms with Gasteiger partial charge in [0.15, 0.2) is 0 Å². The van der Waals surface area contributed by atoms with Crippen LogP contribution in [0.3, 0.4) is 0 Å². The number of likely N-dealkylation sites (N-methyl/N-ethyl adjacent to an activating group) is 1. The van der Waals surface area contributed by atoms with Crippen LogP contribution in [-0.2, 0) is 0 Å². The van der Waals surface area contributed by atoms with Crippen LogP contribution in [0, 0.1) is 0 Å². The van der Waals surface area contributed by atoms with E-state index >= 15 is 0 Å². The second-order valence-electron chi connectivity index (χ2n) is 3.76. The van der Waals surface area contributed by atoms with Gasteiger partial charge in [-0.15, -0.1) is 0 Å². The summed E-state index contributed by atoms with van der Waals surface area (Å²) in [6.45, 7) is 0.213. The third-order valence-corrected chi connectivity index (χ3v) is 2.78. The first-order valence-electron chi connectivity index (χ1n) is 5.29. The van der Waals surface area contributed by atoms with Gasteiger partial charge in [-0.05, 0) is 13.1 Å². The topological polar surface area (TPSA) is 71.4 Å². The van der Waals surface area contributed by atoms with Crippen molar-refractivity contribution in [1.29, 1.82) is 0 Å². The molecule has 4 N–H and O–H groups in total. The van der Waals surface area contributed by atoms with E-state index in [-0.39, 0.29) is 12.6 Å². The fraction of sp³-hybridized carbons (Fsp3) is 0.333. The van der Waals surface area contributed by atoms with Crippen LogP contribution in [0.1, 0.15) is 11.6 Å². The Labute approximate surface area is 94.1 Å².